The smallest absolute Gasteiger partial charge is 0.565 e. The number of aryl methyl sites for hydroxylation is 3. The molecule has 5 aliphatic rings. The maximum absolute atomic E-state index is 13.5. The molecule has 10 N–H and O–H groups in total. The SMILES string of the molecule is CC(=O)O.CC(=O)O.CC1(C)c2cccc(P(c3ccccc3)c3ccccc3)c2Oc2c(P(c3ccccc3)c3ccccc3)cccc21.Cc1cnc(Cl)nc1NC1CC1.Cc1cnc(N(c2ccnnc2)c2ncc(C(F)(F)F)c(NC3CC3)n2)nc1NC1CC1.Cc1cnc(Nc2ccnnc2)nc1NC1CC1.Nc1ccnnc1.O=C([O-])O.[Cs+].[Cs+].[Pd]. The molecule has 4 aliphatic carbocycles. The minimum atomic E-state index is -4.58. The van der Waals surface area contributed by atoms with E-state index < -0.39 is 45.7 Å². The van der Waals surface area contributed by atoms with Gasteiger partial charge in [-0.15, -0.1) is 0 Å². The Balaban J connectivity index is 0.000000205. The van der Waals surface area contributed by atoms with E-state index in [0.29, 0.717) is 46.6 Å². The summed E-state index contributed by atoms with van der Waals surface area (Å²) in [7, 11) is -1.65. The molecule has 0 atom stereocenters. The van der Waals surface area contributed by atoms with E-state index in [1.165, 1.54) is 92.1 Å². The third-order valence-electron chi connectivity index (χ3n) is 18.4. The van der Waals surface area contributed by atoms with Crippen LogP contribution in [0.1, 0.15) is 112 Å². The number of carboxylic acids is 2. The number of fused-ring (bicyclic) bond motifs is 2. The number of aliphatic carboxylic acids is 2. The summed E-state index contributed by atoms with van der Waals surface area (Å²) in [4.78, 5) is 61.9. The van der Waals surface area contributed by atoms with E-state index in [4.69, 9.17) is 56.9 Å². The Kier molecular flexibility index (Phi) is 40.9. The topological polar surface area (TPSA) is 414 Å². The number of nitrogen functional groups attached to an aromatic ring is 1. The molecule has 4 saturated carbocycles. The minimum Gasteiger partial charge on any atom is -0.565 e. The van der Waals surface area contributed by atoms with Gasteiger partial charge in [-0.1, -0.05) is 172 Å². The molecular formula is C88H90ClCs2F3N21O8P2Pd+. The molecule has 7 aromatic heterocycles. The number of aromatic nitrogens is 14. The number of hydrogen-bond donors (Lipinski definition) is 9. The molecule has 8 heterocycles. The van der Waals surface area contributed by atoms with Crippen molar-refractivity contribution in [3.8, 4) is 11.5 Å². The van der Waals surface area contributed by atoms with Gasteiger partial charge in [0.05, 0.1) is 54.2 Å². The molecule has 126 heavy (non-hydrogen) atoms. The number of carbonyl (C=O) groups is 3. The number of anilines is 10. The predicted octanol–water partition coefficient (Wildman–Crippen LogP) is 8.68. The second kappa shape index (κ2) is 50.2. The Labute approximate surface area is 866 Å². The van der Waals surface area contributed by atoms with E-state index in [9.17, 15) is 13.2 Å². The molecule has 644 valence electrons. The van der Waals surface area contributed by atoms with Crippen LogP contribution in [0.2, 0.25) is 5.28 Å². The zero-order valence-corrected chi connectivity index (χ0v) is 87.0. The van der Waals surface area contributed by atoms with Gasteiger partial charge < -0.3 is 62.3 Å². The summed E-state index contributed by atoms with van der Waals surface area (Å²) >= 11 is 5.66. The fraction of sp³-hybridized carbons (Fsp3) is 0.239. The molecule has 4 fully saturated rings. The van der Waals surface area contributed by atoms with E-state index in [2.05, 4.69) is 269 Å². The van der Waals surface area contributed by atoms with Crippen molar-refractivity contribution in [2.24, 2.45) is 0 Å². The standard InChI is InChI=1S/C39H32OP2.C20H20F3N9.C12H14N6.C8H10ClN3.C4H5N3.2C2H4O2.CH2O3.2Cs.Pd/c1-39(2)33-25-15-27-35(41(29-17-7-3-8-18-29)30-19-9-4-10-20-30)37(33)40-38-34(39)26-16-28-36(38)42(31-21-11-5-12-22-31)32-23-13-6-14-24-32;1-11-8-24-18(30-16(11)28-12-2-3-12)32(14-6-7-26-27-9-14)19-25-10-15(20(21,22)23)17(31-19)29-13-4-5-13;1-8-6-13-12(17-10-4-5-14-15-7-10)18-11(8)16-9-2-3-9;1-5-4-10-8(9)12-7(5)11-6-2-3-6;5-4-1-2-6-7-3-4;2*1-2(3)4;2-1(3)4;;;/h3-28H,1-2H3;6-10,12-13H,2-5H2,1H3,(H,24,28,30)(H,25,29,31);4-7,9H,2-3H2,1H3,(H2,13,14,16,17,18);4,6H,2-3H2,1H3,(H,10,11,12);1-3H,(H2,5,6);2*1H3,(H,3,4);(H2,2,3,4);;;/q;;;;;;;;2*+1;/p-1. The number of para-hydroxylation sites is 2. The summed E-state index contributed by atoms with van der Waals surface area (Å²) in [5.74, 6) is 3.30. The van der Waals surface area contributed by atoms with Crippen molar-refractivity contribution in [1.82, 2.24) is 70.5 Å². The number of nitrogens with two attached hydrogens (primary N) is 1. The molecule has 0 bridgehead atoms. The quantitative estimate of drug-likeness (QED) is 0.0207. The Morgan fingerprint density at radius 3 is 1.22 bits per heavy atom. The van der Waals surface area contributed by atoms with E-state index in [1.54, 1.807) is 43.1 Å². The van der Waals surface area contributed by atoms with Gasteiger partial charge in [-0.2, -0.15) is 58.7 Å². The number of nitrogens with one attached hydrogen (secondary N) is 5. The van der Waals surface area contributed by atoms with Crippen LogP contribution in [0.5, 0.6) is 11.5 Å². The fourth-order valence-corrected chi connectivity index (χ4v) is 16.9. The van der Waals surface area contributed by atoms with Crippen molar-refractivity contribution in [3.63, 3.8) is 0 Å². The predicted molar refractivity (Wildman–Crippen MR) is 472 cm³/mol. The van der Waals surface area contributed by atoms with Gasteiger partial charge in [0.2, 0.25) is 29.3 Å². The molecule has 13 aromatic rings. The summed E-state index contributed by atoms with van der Waals surface area (Å²) in [5.41, 5.74) is 11.5. The summed E-state index contributed by atoms with van der Waals surface area (Å²) < 4.78 is 47.9. The number of hydrogen-bond acceptors (Lipinski definition) is 26. The third-order valence-corrected chi connectivity index (χ3v) is 23.5. The molecule has 18 rings (SSSR count). The first-order valence-corrected chi connectivity index (χ1v) is 42.1. The molecule has 1 aliphatic heterocycles. The van der Waals surface area contributed by atoms with Gasteiger partial charge in [-0.25, -0.2) is 29.8 Å². The molecule has 6 aromatic carbocycles. The van der Waals surface area contributed by atoms with Crippen molar-refractivity contribution in [2.75, 3.05) is 37.2 Å². The zero-order chi connectivity index (χ0) is 87.6. The van der Waals surface area contributed by atoms with Gasteiger partial charge >= 0.3 is 144 Å². The fourth-order valence-electron chi connectivity index (χ4n) is 11.9. The first kappa shape index (κ1) is 103. The molecule has 0 spiro atoms. The molecule has 0 radical (unpaired) electrons. The van der Waals surface area contributed by atoms with Gasteiger partial charge in [0, 0.05) is 127 Å². The first-order valence-electron chi connectivity index (χ1n) is 39.0. The summed E-state index contributed by atoms with van der Waals surface area (Å²) in [5, 5.41) is 76.5. The van der Waals surface area contributed by atoms with Crippen molar-refractivity contribution in [2.45, 2.75) is 136 Å². The molecule has 0 saturated heterocycles. The van der Waals surface area contributed by atoms with Crippen LogP contribution in [0.3, 0.4) is 0 Å². The Morgan fingerprint density at radius 2 is 0.849 bits per heavy atom. The second-order valence-electron chi connectivity index (χ2n) is 28.9. The van der Waals surface area contributed by atoms with Crippen LogP contribution in [0.25, 0.3) is 0 Å². The first-order chi connectivity index (χ1) is 59.2. The number of alkyl halides is 3. The minimum absolute atomic E-state index is 0. The zero-order valence-electron chi connectivity index (χ0n) is 70.4. The van der Waals surface area contributed by atoms with E-state index in [0.717, 1.165) is 91.2 Å². The summed E-state index contributed by atoms with van der Waals surface area (Å²) in [6.45, 7) is 12.7. The van der Waals surface area contributed by atoms with Crippen LogP contribution >= 0.6 is 27.4 Å². The van der Waals surface area contributed by atoms with Crippen LogP contribution in [0.4, 0.5) is 76.1 Å². The molecule has 0 amide bonds. The van der Waals surface area contributed by atoms with Gasteiger partial charge in [0.1, 0.15) is 40.3 Å². The second-order valence-corrected chi connectivity index (χ2v) is 33.6. The average molecular weight is 2100 g/mol. The number of carboxylic acid groups (broad SMARTS) is 4. The maximum Gasteiger partial charge on any atom is 1.00 e. The van der Waals surface area contributed by atoms with E-state index in [-0.39, 0.29) is 187 Å². The van der Waals surface area contributed by atoms with Crippen molar-refractivity contribution < 1.29 is 211 Å². The van der Waals surface area contributed by atoms with Gasteiger partial charge in [-0.05, 0) is 139 Å². The molecule has 38 heteroatoms. The average Bonchev–Trinajstić information content (AvgIpc) is 1.30. The monoisotopic (exact) mass is 2090 g/mol. The van der Waals surface area contributed by atoms with Gasteiger partial charge in [0.25, 0.3) is 11.9 Å². The Hall–Kier alpha value is -8.80. The number of ether oxygens (including phenoxy) is 1. The molecular weight excluding hydrogens is 2010 g/mol. The third kappa shape index (κ3) is 31.8. The van der Waals surface area contributed by atoms with Gasteiger partial charge in [-0.3, -0.25) is 9.59 Å². The number of benzene rings is 6. The Bertz CT molecular complexity index is 5390. The summed E-state index contributed by atoms with van der Waals surface area (Å²) in [6, 6.07) is 63.8. The number of rotatable bonds is 19. The van der Waals surface area contributed by atoms with E-state index in [1.807, 2.05) is 33.0 Å². The van der Waals surface area contributed by atoms with E-state index >= 15 is 0 Å². The Morgan fingerprint density at radius 1 is 0.484 bits per heavy atom. The number of halogens is 4. The largest absolute Gasteiger partial charge is 1.00 e. The van der Waals surface area contributed by atoms with Crippen molar-refractivity contribution in [3.05, 3.63) is 277 Å². The summed E-state index contributed by atoms with van der Waals surface area (Å²) in [6.07, 6.45) is 17.2. The maximum atomic E-state index is 13.5. The van der Waals surface area contributed by atoms with Crippen molar-refractivity contribution in [1.29, 1.82) is 0 Å². The number of nitrogens with zero attached hydrogens (tertiary/aromatic N) is 15. The van der Waals surface area contributed by atoms with Crippen LogP contribution in [-0.4, -0.2) is 128 Å². The van der Waals surface area contributed by atoms with Crippen LogP contribution in [0, 0.1) is 20.8 Å². The normalized spacial score (nSPS) is 13.2. The molecule has 29 nitrogen and oxygen atoms in total. The molecule has 0 unspecified atom stereocenters. The van der Waals surface area contributed by atoms with Crippen LogP contribution in [-0.2, 0) is 41.6 Å². The van der Waals surface area contributed by atoms with Crippen molar-refractivity contribution >= 4 is 136 Å². The van der Waals surface area contributed by atoms with Crippen LogP contribution < -0.4 is 217 Å². The van der Waals surface area contributed by atoms with Gasteiger partial charge in [0.15, 0.2) is 0 Å². The van der Waals surface area contributed by atoms with Crippen LogP contribution in [0.15, 0.2) is 238 Å².